The predicted octanol–water partition coefficient (Wildman–Crippen LogP) is 4.90. The van der Waals surface area contributed by atoms with E-state index in [-0.39, 0.29) is 0 Å². The van der Waals surface area contributed by atoms with E-state index in [1.807, 2.05) is 46.8 Å². The smallest absolute Gasteiger partial charge is 0.149 e. The van der Waals surface area contributed by atoms with Crippen LogP contribution in [0.3, 0.4) is 0 Å². The van der Waals surface area contributed by atoms with Crippen LogP contribution in [0, 0.1) is 27.7 Å². The largest absolute Gasteiger partial charge is 0.411 e. The minimum absolute atomic E-state index is 0.556. The Labute approximate surface area is 152 Å². The van der Waals surface area contributed by atoms with Crippen LogP contribution >= 0.6 is 11.6 Å². The molecule has 0 atom stereocenters. The van der Waals surface area contributed by atoms with Crippen LogP contribution in [0.5, 0.6) is 0 Å². The van der Waals surface area contributed by atoms with E-state index in [4.69, 9.17) is 11.6 Å². The van der Waals surface area contributed by atoms with Gasteiger partial charge in [-0.2, -0.15) is 0 Å². The Morgan fingerprint density at radius 2 is 1.76 bits per heavy atom. The summed E-state index contributed by atoms with van der Waals surface area (Å²) >= 11 is 6.18. The molecule has 1 aromatic carbocycles. The van der Waals surface area contributed by atoms with Crippen LogP contribution < -0.4 is 0 Å². The van der Waals surface area contributed by atoms with E-state index in [0.717, 1.165) is 38.4 Å². The van der Waals surface area contributed by atoms with Gasteiger partial charge in [0.15, 0.2) is 0 Å². The van der Waals surface area contributed by atoms with Crippen molar-refractivity contribution in [2.75, 3.05) is 0 Å². The summed E-state index contributed by atoms with van der Waals surface area (Å²) < 4.78 is 2.08. The van der Waals surface area contributed by atoms with Crippen molar-refractivity contribution in [3.63, 3.8) is 0 Å². The van der Waals surface area contributed by atoms with E-state index in [1.54, 1.807) is 0 Å². The van der Waals surface area contributed by atoms with Gasteiger partial charge in [-0.05, 0) is 62.9 Å². The number of oxime groups is 1. The number of hydrogen-bond acceptors (Lipinski definition) is 4. The molecule has 0 fully saturated rings. The molecule has 3 aromatic rings. The highest BCUT2D eigenvalue weighted by Gasteiger charge is 2.19. The lowest BCUT2D eigenvalue weighted by molar-refractivity contribution is 0.318. The molecular weight excluding hydrogens is 336 g/mol. The SMILES string of the molecule is CC/C(=N/O)c1nc(C)nc2c1c(C)cn2-c1c(C)cc(Cl)cc1C. The fourth-order valence-electron chi connectivity index (χ4n) is 3.36. The summed E-state index contributed by atoms with van der Waals surface area (Å²) in [7, 11) is 0. The summed E-state index contributed by atoms with van der Waals surface area (Å²) in [6.45, 7) is 9.89. The van der Waals surface area contributed by atoms with Crippen LogP contribution in [0.4, 0.5) is 0 Å². The summed E-state index contributed by atoms with van der Waals surface area (Å²) in [5.74, 6) is 0.640. The number of aryl methyl sites for hydroxylation is 4. The molecule has 6 heteroatoms. The minimum atomic E-state index is 0.556. The Morgan fingerprint density at radius 1 is 1.12 bits per heavy atom. The molecule has 0 aliphatic carbocycles. The van der Waals surface area contributed by atoms with Gasteiger partial charge >= 0.3 is 0 Å². The Morgan fingerprint density at radius 3 is 2.32 bits per heavy atom. The number of hydrogen-bond donors (Lipinski definition) is 1. The van der Waals surface area contributed by atoms with Gasteiger partial charge in [0, 0.05) is 16.6 Å². The predicted molar refractivity (Wildman–Crippen MR) is 101 cm³/mol. The lowest BCUT2D eigenvalue weighted by Crippen LogP contribution is -2.08. The standard InChI is InChI=1S/C19H21ClN4O/c1-6-15(23-25)17-16-12(4)9-24(19(16)22-13(5)21-17)18-10(2)7-14(20)8-11(18)3/h7-9,25H,6H2,1-5H3/b23-15-. The minimum Gasteiger partial charge on any atom is -0.411 e. The second-order valence-electron chi connectivity index (χ2n) is 6.29. The molecule has 0 unspecified atom stereocenters. The van der Waals surface area contributed by atoms with Crippen molar-refractivity contribution in [1.29, 1.82) is 0 Å². The number of nitrogens with zero attached hydrogens (tertiary/aromatic N) is 4. The summed E-state index contributed by atoms with van der Waals surface area (Å²) in [5.41, 5.74) is 6.30. The molecular formula is C19H21ClN4O. The van der Waals surface area contributed by atoms with Gasteiger partial charge in [-0.1, -0.05) is 23.7 Å². The average molecular weight is 357 g/mol. The van der Waals surface area contributed by atoms with E-state index in [2.05, 4.69) is 25.9 Å². The number of fused-ring (bicyclic) bond motifs is 1. The van der Waals surface area contributed by atoms with Crippen molar-refractivity contribution in [1.82, 2.24) is 14.5 Å². The van der Waals surface area contributed by atoms with Crippen molar-refractivity contribution in [2.24, 2.45) is 5.16 Å². The molecule has 25 heavy (non-hydrogen) atoms. The first-order valence-corrected chi connectivity index (χ1v) is 8.59. The summed E-state index contributed by atoms with van der Waals surface area (Å²) in [4.78, 5) is 9.21. The summed E-state index contributed by atoms with van der Waals surface area (Å²) in [6, 6.07) is 3.90. The van der Waals surface area contributed by atoms with Crippen LogP contribution in [0.2, 0.25) is 5.02 Å². The van der Waals surface area contributed by atoms with Gasteiger partial charge in [0.2, 0.25) is 0 Å². The maximum Gasteiger partial charge on any atom is 0.149 e. The van der Waals surface area contributed by atoms with Gasteiger partial charge in [0.25, 0.3) is 0 Å². The fraction of sp³-hybridized carbons (Fsp3) is 0.316. The zero-order valence-electron chi connectivity index (χ0n) is 15.1. The first-order chi connectivity index (χ1) is 11.9. The first kappa shape index (κ1) is 17.4. The third kappa shape index (κ3) is 2.89. The molecule has 0 aliphatic heterocycles. The molecule has 3 rings (SSSR count). The molecule has 5 nitrogen and oxygen atoms in total. The van der Waals surface area contributed by atoms with Crippen molar-refractivity contribution in [3.05, 3.63) is 51.6 Å². The molecule has 0 amide bonds. The maximum atomic E-state index is 9.37. The van der Waals surface area contributed by atoms with Gasteiger partial charge in [-0.3, -0.25) is 0 Å². The normalized spacial score (nSPS) is 12.2. The van der Waals surface area contributed by atoms with Gasteiger partial charge in [0.1, 0.15) is 22.9 Å². The molecule has 2 heterocycles. The highest BCUT2D eigenvalue weighted by molar-refractivity contribution is 6.30. The van der Waals surface area contributed by atoms with E-state index < -0.39 is 0 Å². The van der Waals surface area contributed by atoms with Crippen molar-refractivity contribution < 1.29 is 5.21 Å². The number of halogens is 1. The third-order valence-electron chi connectivity index (χ3n) is 4.37. The zero-order chi connectivity index (χ0) is 18.3. The zero-order valence-corrected chi connectivity index (χ0v) is 15.8. The van der Waals surface area contributed by atoms with Crippen LogP contribution in [0.25, 0.3) is 16.7 Å². The Hall–Kier alpha value is -2.40. The first-order valence-electron chi connectivity index (χ1n) is 8.22. The number of aromatic nitrogens is 3. The average Bonchev–Trinajstić information content (AvgIpc) is 2.84. The molecule has 2 aromatic heterocycles. The third-order valence-corrected chi connectivity index (χ3v) is 4.59. The summed E-state index contributed by atoms with van der Waals surface area (Å²) in [5, 5.41) is 14.4. The Kier molecular flexibility index (Phi) is 4.52. The Bertz CT molecular complexity index is 981. The fourth-order valence-corrected chi connectivity index (χ4v) is 3.69. The molecule has 1 N–H and O–H groups in total. The summed E-state index contributed by atoms with van der Waals surface area (Å²) in [6.07, 6.45) is 2.64. The molecule has 0 spiro atoms. The quantitative estimate of drug-likeness (QED) is 0.412. The van der Waals surface area contributed by atoms with Gasteiger partial charge < -0.3 is 9.77 Å². The lowest BCUT2D eigenvalue weighted by atomic mass is 10.1. The van der Waals surface area contributed by atoms with E-state index in [0.29, 0.717) is 23.7 Å². The highest BCUT2D eigenvalue weighted by Crippen LogP contribution is 2.30. The highest BCUT2D eigenvalue weighted by atomic mass is 35.5. The molecule has 0 saturated heterocycles. The van der Waals surface area contributed by atoms with Crippen LogP contribution in [0.15, 0.2) is 23.5 Å². The lowest BCUT2D eigenvalue weighted by Gasteiger charge is -2.13. The second kappa shape index (κ2) is 6.48. The molecule has 130 valence electrons. The van der Waals surface area contributed by atoms with Gasteiger partial charge in [-0.15, -0.1) is 0 Å². The Balaban J connectivity index is 2.41. The van der Waals surface area contributed by atoms with Crippen molar-refractivity contribution in [2.45, 2.75) is 41.0 Å². The number of rotatable bonds is 3. The second-order valence-corrected chi connectivity index (χ2v) is 6.73. The topological polar surface area (TPSA) is 63.3 Å². The van der Waals surface area contributed by atoms with Crippen LogP contribution in [-0.2, 0) is 0 Å². The number of benzene rings is 1. The molecule has 0 bridgehead atoms. The van der Waals surface area contributed by atoms with Crippen molar-refractivity contribution in [3.8, 4) is 5.69 Å². The van der Waals surface area contributed by atoms with E-state index in [1.165, 1.54) is 0 Å². The van der Waals surface area contributed by atoms with Gasteiger partial charge in [-0.25, -0.2) is 9.97 Å². The van der Waals surface area contributed by atoms with Crippen LogP contribution in [-0.4, -0.2) is 25.5 Å². The van der Waals surface area contributed by atoms with Gasteiger partial charge in [0.05, 0.1) is 5.69 Å². The van der Waals surface area contributed by atoms with Crippen molar-refractivity contribution >= 4 is 28.3 Å². The van der Waals surface area contributed by atoms with E-state index in [9.17, 15) is 5.21 Å². The molecule has 0 radical (unpaired) electrons. The maximum absolute atomic E-state index is 9.37. The van der Waals surface area contributed by atoms with E-state index >= 15 is 0 Å². The molecule has 0 aliphatic rings. The molecule has 0 saturated carbocycles. The monoisotopic (exact) mass is 356 g/mol. The van der Waals surface area contributed by atoms with Crippen LogP contribution in [0.1, 0.15) is 41.6 Å².